The van der Waals surface area contributed by atoms with Gasteiger partial charge in [0.25, 0.3) is 0 Å². The van der Waals surface area contributed by atoms with E-state index in [9.17, 15) is 4.39 Å². The normalized spacial score (nSPS) is 10.4. The summed E-state index contributed by atoms with van der Waals surface area (Å²) in [6, 6.07) is 9.81. The van der Waals surface area contributed by atoms with Gasteiger partial charge in [0.2, 0.25) is 0 Å². The van der Waals surface area contributed by atoms with Crippen molar-refractivity contribution in [2.75, 3.05) is 5.73 Å². The minimum absolute atomic E-state index is 0.260. The Morgan fingerprint density at radius 1 is 1.22 bits per heavy atom. The van der Waals surface area contributed by atoms with Crippen LogP contribution in [0.1, 0.15) is 5.56 Å². The summed E-state index contributed by atoms with van der Waals surface area (Å²) in [4.78, 5) is 0. The lowest BCUT2D eigenvalue weighted by atomic mass is 10.2. The van der Waals surface area contributed by atoms with Gasteiger partial charge in [-0.3, -0.25) is 0 Å². The largest absolute Gasteiger partial charge is 0.486 e. The minimum atomic E-state index is -0.404. The summed E-state index contributed by atoms with van der Waals surface area (Å²) in [7, 11) is 0. The van der Waals surface area contributed by atoms with Gasteiger partial charge in [0.15, 0.2) is 5.75 Å². The standard InChI is InChI=1S/C13H10BrClFNO/c14-11-5-10(16)6-12(17)13(11)18-7-8-1-3-9(15)4-2-8/h1-6H,7,17H2. The van der Waals surface area contributed by atoms with Crippen LogP contribution in [-0.4, -0.2) is 0 Å². The van der Waals surface area contributed by atoms with Crippen LogP contribution >= 0.6 is 27.5 Å². The molecule has 0 unspecified atom stereocenters. The van der Waals surface area contributed by atoms with Crippen LogP contribution in [0, 0.1) is 5.82 Å². The van der Waals surface area contributed by atoms with Crippen molar-refractivity contribution in [3.63, 3.8) is 0 Å². The highest BCUT2D eigenvalue weighted by atomic mass is 79.9. The van der Waals surface area contributed by atoms with E-state index >= 15 is 0 Å². The SMILES string of the molecule is Nc1cc(F)cc(Br)c1OCc1ccc(Cl)cc1. The molecule has 2 nitrogen and oxygen atoms in total. The summed E-state index contributed by atoms with van der Waals surface area (Å²) in [6.45, 7) is 0.339. The zero-order chi connectivity index (χ0) is 13.1. The third kappa shape index (κ3) is 3.15. The first-order valence-electron chi connectivity index (χ1n) is 5.18. The minimum Gasteiger partial charge on any atom is -0.486 e. The second-order valence-electron chi connectivity index (χ2n) is 3.72. The summed E-state index contributed by atoms with van der Waals surface area (Å²) >= 11 is 9.00. The van der Waals surface area contributed by atoms with Crippen LogP contribution in [0.15, 0.2) is 40.9 Å². The Balaban J connectivity index is 2.13. The van der Waals surface area contributed by atoms with E-state index in [0.29, 0.717) is 21.9 Å². The molecule has 0 aromatic heterocycles. The Hall–Kier alpha value is -1.26. The lowest BCUT2D eigenvalue weighted by Crippen LogP contribution is -2.00. The Morgan fingerprint density at radius 2 is 1.89 bits per heavy atom. The first kappa shape index (κ1) is 13.2. The summed E-state index contributed by atoms with van der Waals surface area (Å²) in [5.74, 6) is 0.0320. The molecule has 2 aromatic rings. The number of ether oxygens (including phenoxy) is 1. The predicted molar refractivity (Wildman–Crippen MR) is 74.3 cm³/mol. The fraction of sp³-hybridized carbons (Fsp3) is 0.0769. The molecular weight excluding hydrogens is 321 g/mol. The molecule has 0 bridgehead atoms. The average Bonchev–Trinajstić information content (AvgIpc) is 2.30. The molecule has 0 aliphatic carbocycles. The summed E-state index contributed by atoms with van der Waals surface area (Å²) in [5, 5.41) is 0.668. The second kappa shape index (κ2) is 5.59. The van der Waals surface area contributed by atoms with Crippen molar-refractivity contribution in [1.29, 1.82) is 0 Å². The van der Waals surface area contributed by atoms with Crippen LogP contribution < -0.4 is 10.5 Å². The van der Waals surface area contributed by atoms with Gasteiger partial charge >= 0.3 is 0 Å². The van der Waals surface area contributed by atoms with Gasteiger partial charge in [-0.25, -0.2) is 4.39 Å². The van der Waals surface area contributed by atoms with Gasteiger partial charge in [0.05, 0.1) is 10.2 Å². The molecule has 0 fully saturated rings. The number of hydrogen-bond acceptors (Lipinski definition) is 2. The monoisotopic (exact) mass is 329 g/mol. The molecule has 5 heteroatoms. The van der Waals surface area contributed by atoms with Crippen LogP contribution in [0.2, 0.25) is 5.02 Å². The van der Waals surface area contributed by atoms with Crippen LogP contribution in [0.5, 0.6) is 5.75 Å². The van der Waals surface area contributed by atoms with Crippen molar-refractivity contribution in [3.8, 4) is 5.75 Å². The lowest BCUT2D eigenvalue weighted by molar-refractivity contribution is 0.305. The number of rotatable bonds is 3. The van der Waals surface area contributed by atoms with Crippen molar-refractivity contribution in [1.82, 2.24) is 0 Å². The maximum Gasteiger partial charge on any atom is 0.157 e. The highest BCUT2D eigenvalue weighted by Crippen LogP contribution is 2.33. The Labute approximate surface area is 118 Å². The number of benzene rings is 2. The quantitative estimate of drug-likeness (QED) is 0.846. The van der Waals surface area contributed by atoms with Crippen LogP contribution in [-0.2, 0) is 6.61 Å². The van der Waals surface area contributed by atoms with E-state index in [1.54, 1.807) is 12.1 Å². The van der Waals surface area contributed by atoms with Gasteiger partial charge in [-0.1, -0.05) is 23.7 Å². The van der Waals surface area contributed by atoms with Crippen LogP contribution in [0.3, 0.4) is 0 Å². The number of hydrogen-bond donors (Lipinski definition) is 1. The molecule has 2 N–H and O–H groups in total. The molecule has 0 radical (unpaired) electrons. The molecule has 0 saturated heterocycles. The fourth-order valence-corrected chi connectivity index (χ4v) is 2.16. The van der Waals surface area contributed by atoms with E-state index in [0.717, 1.165) is 5.56 Å². The molecule has 18 heavy (non-hydrogen) atoms. The summed E-state index contributed by atoms with van der Waals surface area (Å²) < 4.78 is 19.1. The second-order valence-corrected chi connectivity index (χ2v) is 5.01. The zero-order valence-corrected chi connectivity index (χ0v) is 11.6. The maximum atomic E-state index is 13.0. The molecule has 0 aliphatic heterocycles. The van der Waals surface area contributed by atoms with Crippen molar-refractivity contribution < 1.29 is 9.13 Å². The van der Waals surface area contributed by atoms with Crippen molar-refractivity contribution in [3.05, 3.63) is 57.3 Å². The van der Waals surface area contributed by atoms with E-state index in [4.69, 9.17) is 22.1 Å². The van der Waals surface area contributed by atoms with Crippen molar-refractivity contribution in [2.24, 2.45) is 0 Å². The molecule has 0 spiro atoms. The predicted octanol–water partition coefficient (Wildman–Crippen LogP) is 4.40. The maximum absolute atomic E-state index is 13.0. The molecule has 0 heterocycles. The molecule has 0 saturated carbocycles. The molecular formula is C13H10BrClFNO. The highest BCUT2D eigenvalue weighted by molar-refractivity contribution is 9.10. The molecule has 0 amide bonds. The van der Waals surface area contributed by atoms with E-state index in [-0.39, 0.29) is 5.69 Å². The molecule has 0 aliphatic rings. The van der Waals surface area contributed by atoms with Crippen molar-refractivity contribution in [2.45, 2.75) is 6.61 Å². The van der Waals surface area contributed by atoms with E-state index < -0.39 is 5.82 Å². The fourth-order valence-electron chi connectivity index (χ4n) is 1.47. The highest BCUT2D eigenvalue weighted by Gasteiger charge is 2.08. The third-order valence-electron chi connectivity index (χ3n) is 2.33. The van der Waals surface area contributed by atoms with Crippen LogP contribution in [0.25, 0.3) is 0 Å². The Bertz CT molecular complexity index is 536. The Kier molecular flexibility index (Phi) is 4.09. The van der Waals surface area contributed by atoms with E-state index in [1.165, 1.54) is 12.1 Å². The number of anilines is 1. The van der Waals surface area contributed by atoms with Gasteiger partial charge in [-0.15, -0.1) is 0 Å². The Morgan fingerprint density at radius 3 is 2.50 bits per heavy atom. The van der Waals surface area contributed by atoms with Gasteiger partial charge in [-0.05, 0) is 39.7 Å². The first-order chi connectivity index (χ1) is 8.56. The first-order valence-corrected chi connectivity index (χ1v) is 6.35. The smallest absolute Gasteiger partial charge is 0.157 e. The van der Waals surface area contributed by atoms with E-state index in [1.807, 2.05) is 12.1 Å². The summed E-state index contributed by atoms with van der Waals surface area (Å²) in [5.41, 5.74) is 6.91. The molecule has 2 rings (SSSR count). The van der Waals surface area contributed by atoms with Gasteiger partial charge in [0, 0.05) is 11.1 Å². The number of nitrogen functional groups attached to an aromatic ring is 1. The molecule has 94 valence electrons. The van der Waals surface area contributed by atoms with Crippen molar-refractivity contribution >= 4 is 33.2 Å². The number of halogens is 3. The molecule has 2 aromatic carbocycles. The average molecular weight is 331 g/mol. The zero-order valence-electron chi connectivity index (χ0n) is 9.29. The van der Waals surface area contributed by atoms with Gasteiger partial charge in [0.1, 0.15) is 12.4 Å². The van der Waals surface area contributed by atoms with Gasteiger partial charge < -0.3 is 10.5 Å². The van der Waals surface area contributed by atoms with Crippen LogP contribution in [0.4, 0.5) is 10.1 Å². The van der Waals surface area contributed by atoms with E-state index in [2.05, 4.69) is 15.9 Å². The molecule has 0 atom stereocenters. The topological polar surface area (TPSA) is 35.2 Å². The van der Waals surface area contributed by atoms with Gasteiger partial charge in [-0.2, -0.15) is 0 Å². The summed E-state index contributed by atoms with van der Waals surface area (Å²) in [6.07, 6.45) is 0. The number of nitrogens with two attached hydrogens (primary N) is 1. The third-order valence-corrected chi connectivity index (χ3v) is 3.17. The lowest BCUT2D eigenvalue weighted by Gasteiger charge is -2.11.